The Labute approximate surface area is 217 Å². The van der Waals surface area contributed by atoms with Crippen LogP contribution in [0.3, 0.4) is 0 Å². The number of amides is 2. The molecule has 35 heavy (non-hydrogen) atoms. The predicted molar refractivity (Wildman–Crippen MR) is 140 cm³/mol. The van der Waals surface area contributed by atoms with Gasteiger partial charge in [-0.2, -0.15) is 0 Å². The summed E-state index contributed by atoms with van der Waals surface area (Å²) in [5.41, 5.74) is 1.01. The molecule has 2 aromatic carbocycles. The van der Waals surface area contributed by atoms with E-state index in [0.29, 0.717) is 33.6 Å². The van der Waals surface area contributed by atoms with Gasteiger partial charge in [0.25, 0.3) is 0 Å². The average Bonchev–Trinajstić information content (AvgIpc) is 2.80. The van der Waals surface area contributed by atoms with Crippen LogP contribution in [0.5, 0.6) is 5.75 Å². The van der Waals surface area contributed by atoms with Gasteiger partial charge < -0.3 is 15.0 Å². The molecular weight excluding hydrogens is 513 g/mol. The Bertz CT molecular complexity index is 1110. The van der Waals surface area contributed by atoms with Gasteiger partial charge in [0, 0.05) is 41.7 Å². The molecule has 0 bridgehead atoms. The van der Waals surface area contributed by atoms with Crippen LogP contribution in [0.25, 0.3) is 0 Å². The van der Waals surface area contributed by atoms with Crippen molar-refractivity contribution in [3.05, 3.63) is 58.1 Å². The number of benzene rings is 2. The zero-order valence-corrected chi connectivity index (χ0v) is 22.6. The van der Waals surface area contributed by atoms with E-state index >= 15 is 0 Å². The number of nitrogens with zero attached hydrogens (tertiary/aromatic N) is 2. The lowest BCUT2D eigenvalue weighted by atomic mass is 10.1. The van der Waals surface area contributed by atoms with Crippen LogP contribution >= 0.6 is 23.2 Å². The minimum atomic E-state index is -3.58. The molecule has 11 heteroatoms. The van der Waals surface area contributed by atoms with Crippen molar-refractivity contribution in [1.29, 1.82) is 0 Å². The zero-order valence-electron chi connectivity index (χ0n) is 20.3. The molecule has 0 aromatic heterocycles. The van der Waals surface area contributed by atoms with Crippen molar-refractivity contribution in [2.24, 2.45) is 0 Å². The molecule has 0 aliphatic heterocycles. The van der Waals surface area contributed by atoms with Crippen LogP contribution in [0.2, 0.25) is 10.0 Å². The molecule has 1 atom stereocenters. The summed E-state index contributed by atoms with van der Waals surface area (Å²) in [6.45, 7) is 3.98. The van der Waals surface area contributed by atoms with E-state index < -0.39 is 16.1 Å². The quantitative estimate of drug-likeness (QED) is 0.434. The second-order valence-corrected chi connectivity index (χ2v) is 10.7. The Hall–Kier alpha value is -2.49. The van der Waals surface area contributed by atoms with Gasteiger partial charge in [0.05, 0.1) is 19.1 Å². The highest BCUT2D eigenvalue weighted by Crippen LogP contribution is 2.27. The van der Waals surface area contributed by atoms with Gasteiger partial charge in [-0.3, -0.25) is 13.9 Å². The number of ether oxygens (including phenoxy) is 1. The number of hydrogen-bond donors (Lipinski definition) is 1. The monoisotopic (exact) mass is 543 g/mol. The second kappa shape index (κ2) is 13.0. The maximum absolute atomic E-state index is 13.2. The van der Waals surface area contributed by atoms with E-state index in [2.05, 4.69) is 5.32 Å². The summed E-state index contributed by atoms with van der Waals surface area (Å²) in [5, 5.41) is 3.50. The Morgan fingerprint density at radius 3 is 2.20 bits per heavy atom. The highest BCUT2D eigenvalue weighted by atomic mass is 35.5. The third kappa shape index (κ3) is 8.02. The standard InChI is InChI=1S/C24H31Cl2N3O5S/c1-5-27-24(31)17(2)28(16-20-21(25)8-6-9-22(20)26)23(30)10-7-15-29(35(4,32)33)18-11-13-19(34-3)14-12-18/h6,8-9,11-14,17H,5,7,10,15-16H2,1-4H3,(H,27,31). The number of hydrogen-bond acceptors (Lipinski definition) is 5. The number of methoxy groups -OCH3 is 1. The maximum Gasteiger partial charge on any atom is 0.242 e. The number of rotatable bonds is 12. The van der Waals surface area contributed by atoms with E-state index in [1.165, 1.54) is 16.3 Å². The molecule has 0 saturated heterocycles. The molecular formula is C24H31Cl2N3O5S. The Balaban J connectivity index is 2.20. The molecule has 192 valence electrons. The van der Waals surface area contributed by atoms with Crippen molar-refractivity contribution in [2.45, 2.75) is 39.3 Å². The Morgan fingerprint density at radius 1 is 1.09 bits per heavy atom. The van der Waals surface area contributed by atoms with Gasteiger partial charge in [0.2, 0.25) is 21.8 Å². The van der Waals surface area contributed by atoms with Crippen LogP contribution < -0.4 is 14.4 Å². The molecule has 2 rings (SSSR count). The molecule has 0 aliphatic rings. The SMILES string of the molecule is CCNC(=O)C(C)N(Cc1c(Cl)cccc1Cl)C(=O)CCCN(c1ccc(OC)cc1)S(C)(=O)=O. The Kier molecular flexibility index (Phi) is 10.7. The molecule has 2 aromatic rings. The van der Waals surface area contributed by atoms with Crippen LogP contribution in [0.15, 0.2) is 42.5 Å². The summed E-state index contributed by atoms with van der Waals surface area (Å²) in [6.07, 6.45) is 1.38. The van der Waals surface area contributed by atoms with E-state index in [1.807, 2.05) is 0 Å². The number of carbonyl (C=O) groups excluding carboxylic acids is 2. The molecule has 0 aliphatic carbocycles. The van der Waals surface area contributed by atoms with Crippen molar-refractivity contribution in [3.63, 3.8) is 0 Å². The van der Waals surface area contributed by atoms with Crippen LogP contribution in [0.1, 0.15) is 32.3 Å². The average molecular weight is 545 g/mol. The van der Waals surface area contributed by atoms with E-state index in [0.717, 1.165) is 6.26 Å². The number of likely N-dealkylation sites (N-methyl/N-ethyl adjacent to an activating group) is 1. The predicted octanol–water partition coefficient (Wildman–Crippen LogP) is 4.10. The lowest BCUT2D eigenvalue weighted by Gasteiger charge is -2.30. The number of anilines is 1. The van der Waals surface area contributed by atoms with Crippen LogP contribution in [-0.2, 0) is 26.2 Å². The first-order chi connectivity index (χ1) is 16.5. The van der Waals surface area contributed by atoms with E-state index in [-0.39, 0.29) is 37.7 Å². The van der Waals surface area contributed by atoms with Crippen LogP contribution in [0.4, 0.5) is 5.69 Å². The second-order valence-electron chi connectivity index (χ2n) is 7.93. The molecule has 0 radical (unpaired) electrons. The Morgan fingerprint density at radius 2 is 1.69 bits per heavy atom. The first-order valence-corrected chi connectivity index (χ1v) is 13.7. The molecule has 1 N–H and O–H groups in total. The van der Waals surface area contributed by atoms with Crippen molar-refractivity contribution in [1.82, 2.24) is 10.2 Å². The van der Waals surface area contributed by atoms with Gasteiger partial charge in [0.1, 0.15) is 11.8 Å². The number of halogens is 2. The fourth-order valence-corrected chi connectivity index (χ4v) is 4.99. The van der Waals surface area contributed by atoms with Gasteiger partial charge in [-0.1, -0.05) is 29.3 Å². The molecule has 0 spiro atoms. The van der Waals surface area contributed by atoms with Gasteiger partial charge >= 0.3 is 0 Å². The summed E-state index contributed by atoms with van der Waals surface area (Å²) in [5.74, 6) is -0.0199. The highest BCUT2D eigenvalue weighted by Gasteiger charge is 2.27. The minimum absolute atomic E-state index is 0.0218. The fraction of sp³-hybridized carbons (Fsp3) is 0.417. The van der Waals surface area contributed by atoms with Crippen LogP contribution in [-0.4, -0.2) is 57.6 Å². The van der Waals surface area contributed by atoms with Crippen molar-refractivity contribution >= 4 is 50.7 Å². The van der Waals surface area contributed by atoms with E-state index in [4.69, 9.17) is 27.9 Å². The lowest BCUT2D eigenvalue weighted by molar-refractivity contribution is -0.140. The van der Waals surface area contributed by atoms with E-state index in [9.17, 15) is 18.0 Å². The topological polar surface area (TPSA) is 96.0 Å². The lowest BCUT2D eigenvalue weighted by Crippen LogP contribution is -2.47. The molecule has 0 heterocycles. The molecule has 0 fully saturated rings. The normalized spacial score (nSPS) is 12.1. The van der Waals surface area contributed by atoms with Crippen molar-refractivity contribution < 1.29 is 22.7 Å². The van der Waals surface area contributed by atoms with Gasteiger partial charge in [-0.25, -0.2) is 8.42 Å². The van der Waals surface area contributed by atoms with Crippen molar-refractivity contribution in [2.75, 3.05) is 30.8 Å². The molecule has 1 unspecified atom stereocenters. The number of carbonyl (C=O) groups is 2. The van der Waals surface area contributed by atoms with Gasteiger partial charge in [-0.15, -0.1) is 0 Å². The number of nitrogens with one attached hydrogen (secondary N) is 1. The summed E-state index contributed by atoms with van der Waals surface area (Å²) in [7, 11) is -2.06. The largest absolute Gasteiger partial charge is 0.497 e. The minimum Gasteiger partial charge on any atom is -0.497 e. The van der Waals surface area contributed by atoms with Crippen molar-refractivity contribution in [3.8, 4) is 5.75 Å². The zero-order chi connectivity index (χ0) is 26.2. The molecule has 2 amide bonds. The molecule has 8 nitrogen and oxygen atoms in total. The summed E-state index contributed by atoms with van der Waals surface area (Å²) in [4.78, 5) is 27.2. The van der Waals surface area contributed by atoms with Gasteiger partial charge in [-0.05, 0) is 56.7 Å². The van der Waals surface area contributed by atoms with Gasteiger partial charge in [0.15, 0.2) is 0 Å². The third-order valence-corrected chi connectivity index (χ3v) is 7.32. The van der Waals surface area contributed by atoms with E-state index in [1.54, 1.807) is 56.3 Å². The van der Waals surface area contributed by atoms with Crippen LogP contribution in [0, 0.1) is 0 Å². The first kappa shape index (κ1) is 28.7. The summed E-state index contributed by atoms with van der Waals surface area (Å²) >= 11 is 12.6. The third-order valence-electron chi connectivity index (χ3n) is 5.42. The fourth-order valence-electron chi connectivity index (χ4n) is 3.51. The number of sulfonamides is 1. The molecule has 0 saturated carbocycles. The summed E-state index contributed by atoms with van der Waals surface area (Å²) in [6, 6.07) is 10.9. The maximum atomic E-state index is 13.2. The summed E-state index contributed by atoms with van der Waals surface area (Å²) < 4.78 is 31.2. The smallest absolute Gasteiger partial charge is 0.242 e. The first-order valence-electron chi connectivity index (χ1n) is 11.1. The highest BCUT2D eigenvalue weighted by molar-refractivity contribution is 7.92.